The molecule has 0 bridgehead atoms. The van der Waals surface area contributed by atoms with E-state index >= 15 is 0 Å². The minimum absolute atomic E-state index is 0. The summed E-state index contributed by atoms with van der Waals surface area (Å²) in [4.78, 5) is 0. The maximum absolute atomic E-state index is 10.1. The van der Waals surface area contributed by atoms with Gasteiger partial charge >= 0.3 is 29.6 Å². The van der Waals surface area contributed by atoms with Gasteiger partial charge in [-0.25, -0.2) is 0 Å². The summed E-state index contributed by atoms with van der Waals surface area (Å²) in [6.07, 6.45) is 1.07. The van der Waals surface area contributed by atoms with Crippen molar-refractivity contribution < 1.29 is 38.3 Å². The Labute approximate surface area is 84.4 Å². The van der Waals surface area contributed by atoms with Crippen LogP contribution in [0, 0.1) is 17.2 Å². The van der Waals surface area contributed by atoms with Crippen LogP contribution in [0.25, 0.3) is 0 Å². The van der Waals surface area contributed by atoms with Gasteiger partial charge in [0, 0.05) is 11.2 Å². The number of nitrogens with zero attached hydrogens (tertiary/aromatic N) is 1. The van der Waals surface area contributed by atoms with Crippen molar-refractivity contribution in [2.24, 2.45) is 5.92 Å². The molecule has 1 saturated carbocycles. The summed E-state index contributed by atoms with van der Waals surface area (Å²) in [7, 11) is 0. The largest absolute Gasteiger partial charge is 1.00 e. The van der Waals surface area contributed by atoms with Crippen molar-refractivity contribution in [3.8, 4) is 6.07 Å². The number of hydrogen-bond acceptors (Lipinski definition) is 3. The second-order valence-electron chi connectivity index (χ2n) is 2.18. The fourth-order valence-electron chi connectivity index (χ4n) is 0.828. The average Bonchev–Trinajstić information content (AvgIpc) is 1.61. The van der Waals surface area contributed by atoms with Crippen LogP contribution in [-0.4, -0.2) is 14.0 Å². The SMILES string of the molecule is N#CC1CC(S(=O)[O-])C1.[Na+]. The molecule has 0 spiro atoms. The Bertz CT molecular complexity index is 173. The van der Waals surface area contributed by atoms with Crippen molar-refractivity contribution in [2.75, 3.05) is 0 Å². The fraction of sp³-hybridized carbons (Fsp3) is 0.800. The van der Waals surface area contributed by atoms with Gasteiger partial charge in [-0.2, -0.15) is 5.26 Å². The van der Waals surface area contributed by atoms with E-state index in [0.717, 1.165) is 0 Å². The molecule has 0 aromatic carbocycles. The second-order valence-corrected chi connectivity index (χ2v) is 3.37. The van der Waals surface area contributed by atoms with Crippen LogP contribution >= 0.6 is 0 Å². The van der Waals surface area contributed by atoms with Gasteiger partial charge in [0.2, 0.25) is 0 Å². The molecule has 0 aliphatic heterocycles. The maximum atomic E-state index is 10.1. The van der Waals surface area contributed by atoms with E-state index in [1.807, 2.05) is 6.07 Å². The van der Waals surface area contributed by atoms with E-state index in [2.05, 4.69) is 0 Å². The Morgan fingerprint density at radius 2 is 2.10 bits per heavy atom. The Morgan fingerprint density at radius 3 is 2.40 bits per heavy atom. The predicted octanol–water partition coefficient (Wildman–Crippen LogP) is -2.83. The summed E-state index contributed by atoms with van der Waals surface area (Å²) in [5, 5.41) is 7.99. The van der Waals surface area contributed by atoms with E-state index in [4.69, 9.17) is 5.26 Å². The molecule has 1 fully saturated rings. The average molecular weight is 167 g/mol. The molecule has 0 aromatic heterocycles. The second kappa shape index (κ2) is 4.47. The third kappa shape index (κ3) is 2.33. The Hall–Kier alpha value is 0.600. The van der Waals surface area contributed by atoms with Crippen molar-refractivity contribution in [2.45, 2.75) is 18.1 Å². The molecule has 10 heavy (non-hydrogen) atoms. The third-order valence-corrected chi connectivity index (χ3v) is 2.48. The smallest absolute Gasteiger partial charge is 0.772 e. The molecule has 0 N–H and O–H groups in total. The van der Waals surface area contributed by atoms with Crippen LogP contribution in [0.15, 0.2) is 0 Å². The summed E-state index contributed by atoms with van der Waals surface area (Å²) < 4.78 is 20.3. The zero-order chi connectivity index (χ0) is 6.85. The van der Waals surface area contributed by atoms with Gasteiger partial charge in [0.15, 0.2) is 0 Å². The van der Waals surface area contributed by atoms with Gasteiger partial charge < -0.3 is 4.55 Å². The summed E-state index contributed by atoms with van der Waals surface area (Å²) in [6, 6.07) is 2.01. The van der Waals surface area contributed by atoms with Crippen molar-refractivity contribution in [3.05, 3.63) is 0 Å². The quantitative estimate of drug-likeness (QED) is 0.312. The normalized spacial score (nSPS) is 32.8. The van der Waals surface area contributed by atoms with E-state index < -0.39 is 11.1 Å². The Balaban J connectivity index is 0.000000810. The van der Waals surface area contributed by atoms with Crippen LogP contribution in [0.1, 0.15) is 12.8 Å². The molecule has 0 amide bonds. The number of rotatable bonds is 1. The van der Waals surface area contributed by atoms with Gasteiger partial charge in [-0.15, -0.1) is 0 Å². The van der Waals surface area contributed by atoms with Crippen LogP contribution in [0.4, 0.5) is 0 Å². The first kappa shape index (κ1) is 10.6. The molecular weight excluding hydrogens is 161 g/mol. The summed E-state index contributed by atoms with van der Waals surface area (Å²) in [5.41, 5.74) is 0. The molecule has 0 saturated heterocycles. The van der Waals surface area contributed by atoms with E-state index in [1.54, 1.807) is 0 Å². The van der Waals surface area contributed by atoms with Crippen LogP contribution < -0.4 is 29.6 Å². The van der Waals surface area contributed by atoms with Crippen LogP contribution in [0.2, 0.25) is 0 Å². The van der Waals surface area contributed by atoms with Crippen LogP contribution in [0.5, 0.6) is 0 Å². The summed E-state index contributed by atoms with van der Waals surface area (Å²) in [5.74, 6) is -0.00657. The molecule has 50 valence electrons. The van der Waals surface area contributed by atoms with Crippen LogP contribution in [-0.2, 0) is 11.1 Å². The zero-order valence-corrected chi connectivity index (χ0v) is 8.56. The molecule has 1 unspecified atom stereocenters. The molecule has 0 aromatic rings. The first-order valence-electron chi connectivity index (χ1n) is 2.71. The molecule has 5 heteroatoms. The van der Waals surface area contributed by atoms with Gasteiger partial charge in [-0.05, 0) is 12.8 Å². The van der Waals surface area contributed by atoms with Gasteiger partial charge in [-0.3, -0.25) is 4.21 Å². The summed E-state index contributed by atoms with van der Waals surface area (Å²) in [6.45, 7) is 0. The standard InChI is InChI=1S/C5H7NO2S.Na/c6-3-4-1-5(2-4)9(7)8;/h4-5H,1-2H2,(H,7,8);/q;+1/p-1. The van der Waals surface area contributed by atoms with Crippen molar-refractivity contribution in [1.82, 2.24) is 0 Å². The molecule has 1 rings (SSSR count). The minimum Gasteiger partial charge on any atom is -0.772 e. The number of hydrogen-bond donors (Lipinski definition) is 0. The van der Waals surface area contributed by atoms with Crippen molar-refractivity contribution in [3.63, 3.8) is 0 Å². The third-order valence-electron chi connectivity index (χ3n) is 1.55. The number of nitriles is 1. The van der Waals surface area contributed by atoms with Gasteiger partial charge in [-0.1, -0.05) is 11.1 Å². The molecule has 1 aliphatic carbocycles. The summed E-state index contributed by atoms with van der Waals surface area (Å²) >= 11 is -1.95. The van der Waals surface area contributed by atoms with Crippen molar-refractivity contribution in [1.29, 1.82) is 5.26 Å². The maximum Gasteiger partial charge on any atom is 1.00 e. The van der Waals surface area contributed by atoms with E-state index in [9.17, 15) is 8.76 Å². The predicted molar refractivity (Wildman–Crippen MR) is 31.0 cm³/mol. The molecule has 1 atom stereocenters. The van der Waals surface area contributed by atoms with E-state index in [-0.39, 0.29) is 40.7 Å². The monoisotopic (exact) mass is 167 g/mol. The van der Waals surface area contributed by atoms with E-state index in [0.29, 0.717) is 12.8 Å². The topological polar surface area (TPSA) is 63.9 Å². The molecule has 3 nitrogen and oxygen atoms in total. The Morgan fingerprint density at radius 1 is 1.60 bits per heavy atom. The first-order valence-corrected chi connectivity index (χ1v) is 3.85. The van der Waals surface area contributed by atoms with E-state index in [1.165, 1.54) is 0 Å². The molecule has 0 heterocycles. The molecule has 1 aliphatic rings. The first-order chi connectivity index (χ1) is 4.24. The van der Waals surface area contributed by atoms with Gasteiger partial charge in [0.25, 0.3) is 0 Å². The van der Waals surface area contributed by atoms with Gasteiger partial charge in [0.1, 0.15) is 0 Å². The zero-order valence-electron chi connectivity index (χ0n) is 5.74. The van der Waals surface area contributed by atoms with Crippen molar-refractivity contribution >= 4 is 11.1 Å². The molecular formula is C5H6NNaO2S. The van der Waals surface area contributed by atoms with Gasteiger partial charge in [0.05, 0.1) is 6.07 Å². The molecule has 0 radical (unpaired) electrons. The Kier molecular flexibility index (Phi) is 4.74. The van der Waals surface area contributed by atoms with Crippen LogP contribution in [0.3, 0.4) is 0 Å². The fourth-order valence-corrected chi connectivity index (χ4v) is 1.61. The minimum atomic E-state index is -1.95.